The van der Waals surface area contributed by atoms with Gasteiger partial charge in [0.1, 0.15) is 6.61 Å². The summed E-state index contributed by atoms with van der Waals surface area (Å²) in [5.74, 6) is 1.89. The van der Waals surface area contributed by atoms with Crippen molar-refractivity contribution in [2.45, 2.75) is 13.0 Å². The Balaban J connectivity index is 2.89. The highest BCUT2D eigenvalue weighted by molar-refractivity contribution is 5.51. The normalized spacial score (nSPS) is 12.0. The molecule has 1 rings (SSSR count). The summed E-state index contributed by atoms with van der Waals surface area (Å²) in [4.78, 5) is 0. The summed E-state index contributed by atoms with van der Waals surface area (Å²) in [7, 11) is 3.18. The molecule has 4 heteroatoms. The first kappa shape index (κ1) is 11.7. The van der Waals surface area contributed by atoms with Gasteiger partial charge in [-0.05, 0) is 19.1 Å². The van der Waals surface area contributed by atoms with Crippen LogP contribution in [0.2, 0.25) is 0 Å². The molecule has 0 aliphatic rings. The number of ether oxygens (including phenoxy) is 3. The fourth-order valence-corrected chi connectivity index (χ4v) is 1.17. The van der Waals surface area contributed by atoms with Crippen molar-refractivity contribution in [3.63, 3.8) is 0 Å². The van der Waals surface area contributed by atoms with Gasteiger partial charge in [-0.2, -0.15) is 0 Å². The van der Waals surface area contributed by atoms with Crippen LogP contribution in [0.25, 0.3) is 0 Å². The van der Waals surface area contributed by atoms with Gasteiger partial charge in [0.15, 0.2) is 11.5 Å². The molecule has 0 unspecified atom stereocenters. The van der Waals surface area contributed by atoms with Crippen molar-refractivity contribution in [2.24, 2.45) is 5.73 Å². The van der Waals surface area contributed by atoms with Gasteiger partial charge < -0.3 is 19.9 Å². The molecular weight excluding hydrogens is 194 g/mol. The summed E-state index contributed by atoms with van der Waals surface area (Å²) in [6.07, 6.45) is 0. The predicted molar refractivity (Wildman–Crippen MR) is 58.7 cm³/mol. The number of hydrogen-bond acceptors (Lipinski definition) is 4. The maximum absolute atomic E-state index is 5.62. The standard InChI is InChI=1S/C11H17NO3/c1-8(12)7-15-11-9(13-2)5-4-6-10(11)14-3/h4-6,8H,7,12H2,1-3H3/t8-/m0/s1. The van der Waals surface area contributed by atoms with Gasteiger partial charge in [0, 0.05) is 6.04 Å². The molecule has 15 heavy (non-hydrogen) atoms. The lowest BCUT2D eigenvalue weighted by atomic mass is 10.3. The van der Waals surface area contributed by atoms with Crippen LogP contribution in [0, 0.1) is 0 Å². The van der Waals surface area contributed by atoms with E-state index in [9.17, 15) is 0 Å². The molecule has 0 amide bonds. The third-order valence-electron chi connectivity index (χ3n) is 1.87. The van der Waals surface area contributed by atoms with E-state index in [1.54, 1.807) is 14.2 Å². The minimum Gasteiger partial charge on any atom is -0.493 e. The van der Waals surface area contributed by atoms with Crippen molar-refractivity contribution >= 4 is 0 Å². The largest absolute Gasteiger partial charge is 0.493 e. The molecular formula is C11H17NO3. The van der Waals surface area contributed by atoms with Gasteiger partial charge >= 0.3 is 0 Å². The van der Waals surface area contributed by atoms with Crippen LogP contribution in [-0.4, -0.2) is 26.9 Å². The second-order valence-electron chi connectivity index (χ2n) is 3.28. The third-order valence-corrected chi connectivity index (χ3v) is 1.87. The first-order valence-electron chi connectivity index (χ1n) is 4.78. The molecule has 0 heterocycles. The number of para-hydroxylation sites is 1. The fraction of sp³-hybridized carbons (Fsp3) is 0.455. The minimum atomic E-state index is -0.0281. The highest BCUT2D eigenvalue weighted by atomic mass is 16.5. The zero-order valence-electron chi connectivity index (χ0n) is 9.32. The summed E-state index contributed by atoms with van der Waals surface area (Å²) in [6, 6.07) is 5.45. The fourth-order valence-electron chi connectivity index (χ4n) is 1.17. The van der Waals surface area contributed by atoms with Crippen molar-refractivity contribution in [2.75, 3.05) is 20.8 Å². The molecule has 2 N–H and O–H groups in total. The summed E-state index contributed by atoms with van der Waals surface area (Å²) in [5, 5.41) is 0. The van der Waals surface area contributed by atoms with Crippen molar-refractivity contribution in [1.82, 2.24) is 0 Å². The van der Waals surface area contributed by atoms with Crippen molar-refractivity contribution in [1.29, 1.82) is 0 Å². The van der Waals surface area contributed by atoms with Gasteiger partial charge in [0.05, 0.1) is 14.2 Å². The summed E-state index contributed by atoms with van der Waals surface area (Å²) in [5.41, 5.74) is 5.62. The number of rotatable bonds is 5. The van der Waals surface area contributed by atoms with E-state index < -0.39 is 0 Å². The molecule has 84 valence electrons. The SMILES string of the molecule is COc1cccc(OC)c1OC[C@H](C)N. The number of nitrogens with two attached hydrogens (primary N) is 1. The van der Waals surface area contributed by atoms with Crippen LogP contribution < -0.4 is 19.9 Å². The first-order valence-corrected chi connectivity index (χ1v) is 4.78. The van der Waals surface area contributed by atoms with Crippen LogP contribution in [0.3, 0.4) is 0 Å². The zero-order chi connectivity index (χ0) is 11.3. The lowest BCUT2D eigenvalue weighted by Crippen LogP contribution is -2.23. The molecule has 0 saturated carbocycles. The van der Waals surface area contributed by atoms with Crippen molar-refractivity contribution in [3.8, 4) is 17.2 Å². The molecule has 0 saturated heterocycles. The van der Waals surface area contributed by atoms with Crippen LogP contribution in [0.1, 0.15) is 6.92 Å². The Morgan fingerprint density at radius 3 is 2.13 bits per heavy atom. The molecule has 0 aliphatic heterocycles. The van der Waals surface area contributed by atoms with E-state index in [-0.39, 0.29) is 6.04 Å². The van der Waals surface area contributed by atoms with Gasteiger partial charge in [-0.25, -0.2) is 0 Å². The average molecular weight is 211 g/mol. The quantitative estimate of drug-likeness (QED) is 0.800. The van der Waals surface area contributed by atoms with Gasteiger partial charge in [0.25, 0.3) is 0 Å². The number of methoxy groups -OCH3 is 2. The Bertz CT molecular complexity index is 290. The van der Waals surface area contributed by atoms with Gasteiger partial charge in [0.2, 0.25) is 5.75 Å². The maximum atomic E-state index is 5.62. The first-order chi connectivity index (χ1) is 7.19. The number of hydrogen-bond donors (Lipinski definition) is 1. The van der Waals surface area contributed by atoms with Crippen LogP contribution in [0.4, 0.5) is 0 Å². The summed E-state index contributed by atoms with van der Waals surface area (Å²) < 4.78 is 15.9. The molecule has 1 aromatic carbocycles. The monoisotopic (exact) mass is 211 g/mol. The topological polar surface area (TPSA) is 53.7 Å². The molecule has 0 spiro atoms. The van der Waals surface area contributed by atoms with E-state index in [1.165, 1.54) is 0 Å². The molecule has 0 aliphatic carbocycles. The van der Waals surface area contributed by atoms with Crippen LogP contribution in [0.15, 0.2) is 18.2 Å². The van der Waals surface area contributed by atoms with E-state index in [0.29, 0.717) is 23.9 Å². The maximum Gasteiger partial charge on any atom is 0.203 e. The molecule has 0 aromatic heterocycles. The Morgan fingerprint density at radius 1 is 1.20 bits per heavy atom. The highest BCUT2D eigenvalue weighted by Gasteiger charge is 2.11. The van der Waals surface area contributed by atoms with Crippen LogP contribution in [-0.2, 0) is 0 Å². The molecule has 0 bridgehead atoms. The molecule has 0 fully saturated rings. The smallest absolute Gasteiger partial charge is 0.203 e. The van der Waals surface area contributed by atoms with E-state index in [2.05, 4.69) is 0 Å². The second-order valence-corrected chi connectivity index (χ2v) is 3.28. The van der Waals surface area contributed by atoms with E-state index in [4.69, 9.17) is 19.9 Å². The van der Waals surface area contributed by atoms with E-state index in [0.717, 1.165) is 0 Å². The van der Waals surface area contributed by atoms with E-state index >= 15 is 0 Å². The van der Waals surface area contributed by atoms with Gasteiger partial charge in [-0.3, -0.25) is 0 Å². The Morgan fingerprint density at radius 2 is 1.73 bits per heavy atom. The summed E-state index contributed by atoms with van der Waals surface area (Å²) >= 11 is 0. The van der Waals surface area contributed by atoms with Crippen molar-refractivity contribution in [3.05, 3.63) is 18.2 Å². The van der Waals surface area contributed by atoms with Crippen molar-refractivity contribution < 1.29 is 14.2 Å². The molecule has 4 nitrogen and oxygen atoms in total. The third kappa shape index (κ3) is 3.02. The zero-order valence-corrected chi connectivity index (χ0v) is 9.32. The molecule has 0 radical (unpaired) electrons. The minimum absolute atomic E-state index is 0.0281. The molecule has 1 aromatic rings. The van der Waals surface area contributed by atoms with E-state index in [1.807, 2.05) is 25.1 Å². The molecule has 1 atom stereocenters. The Hall–Kier alpha value is -1.42. The average Bonchev–Trinajstić information content (AvgIpc) is 2.25. The predicted octanol–water partition coefficient (Wildman–Crippen LogP) is 1.43. The van der Waals surface area contributed by atoms with Crippen LogP contribution in [0.5, 0.6) is 17.2 Å². The Labute approximate surface area is 89.9 Å². The Kier molecular flexibility index (Phi) is 4.24. The lowest BCUT2D eigenvalue weighted by molar-refractivity contribution is 0.261. The summed E-state index contributed by atoms with van der Waals surface area (Å²) in [6.45, 7) is 2.30. The van der Waals surface area contributed by atoms with Gasteiger partial charge in [-0.15, -0.1) is 0 Å². The highest BCUT2D eigenvalue weighted by Crippen LogP contribution is 2.36. The van der Waals surface area contributed by atoms with Gasteiger partial charge in [-0.1, -0.05) is 6.07 Å². The lowest BCUT2D eigenvalue weighted by Gasteiger charge is -2.15. The van der Waals surface area contributed by atoms with Crippen LogP contribution >= 0.6 is 0 Å². The number of benzene rings is 1. The second kappa shape index (κ2) is 5.46.